The highest BCUT2D eigenvalue weighted by molar-refractivity contribution is 6.01. The van der Waals surface area contributed by atoms with E-state index in [0.717, 1.165) is 10.5 Å². The number of hydrogen-bond acceptors (Lipinski definition) is 7. The molecule has 1 aliphatic heterocycles. The first-order chi connectivity index (χ1) is 12.4. The summed E-state index contributed by atoms with van der Waals surface area (Å²) in [6.45, 7) is 3.92. The fourth-order valence-corrected chi connectivity index (χ4v) is 2.32. The van der Waals surface area contributed by atoms with Gasteiger partial charge in [0.1, 0.15) is 0 Å². The lowest BCUT2D eigenvalue weighted by molar-refractivity contribution is -0.125. The summed E-state index contributed by atoms with van der Waals surface area (Å²) in [6, 6.07) is 6.06. The second kappa shape index (κ2) is 7.34. The van der Waals surface area contributed by atoms with Crippen LogP contribution in [0.4, 0.5) is 4.79 Å². The van der Waals surface area contributed by atoms with Crippen molar-refractivity contribution < 1.29 is 23.6 Å². The number of esters is 1. The van der Waals surface area contributed by atoms with Gasteiger partial charge in [0.05, 0.1) is 18.7 Å². The van der Waals surface area contributed by atoms with E-state index in [4.69, 9.17) is 9.26 Å². The van der Waals surface area contributed by atoms with E-state index in [-0.39, 0.29) is 37.4 Å². The Morgan fingerprint density at radius 3 is 2.62 bits per heavy atom. The molecule has 9 nitrogen and oxygen atoms in total. The smallest absolute Gasteiger partial charge is 0.338 e. The molecule has 0 saturated carbocycles. The summed E-state index contributed by atoms with van der Waals surface area (Å²) in [7, 11) is 0. The van der Waals surface area contributed by atoms with Crippen molar-refractivity contribution >= 4 is 17.9 Å². The van der Waals surface area contributed by atoms with Crippen LogP contribution >= 0.6 is 0 Å². The molecular weight excluding hydrogens is 340 g/mol. The van der Waals surface area contributed by atoms with Crippen molar-refractivity contribution in [2.24, 2.45) is 0 Å². The van der Waals surface area contributed by atoms with E-state index >= 15 is 0 Å². The van der Waals surface area contributed by atoms with Gasteiger partial charge in [0.25, 0.3) is 5.89 Å². The Labute approximate surface area is 149 Å². The Hall–Kier alpha value is -3.23. The molecule has 1 aromatic carbocycles. The lowest BCUT2D eigenvalue weighted by Gasteiger charge is -2.12. The van der Waals surface area contributed by atoms with Crippen LogP contribution in [0.1, 0.15) is 47.4 Å². The molecule has 2 heterocycles. The molecule has 1 N–H and O–H groups in total. The average Bonchev–Trinajstić information content (AvgIpc) is 3.22. The summed E-state index contributed by atoms with van der Waals surface area (Å²) >= 11 is 0. The average molecular weight is 358 g/mol. The van der Waals surface area contributed by atoms with Crippen LogP contribution in [-0.2, 0) is 22.7 Å². The Kier molecular flexibility index (Phi) is 4.97. The van der Waals surface area contributed by atoms with E-state index in [1.54, 1.807) is 24.3 Å². The second-order valence-electron chi connectivity index (χ2n) is 6.11. The van der Waals surface area contributed by atoms with E-state index in [1.807, 2.05) is 13.8 Å². The first-order valence-electron chi connectivity index (χ1n) is 8.11. The Morgan fingerprint density at radius 2 is 2.04 bits per heavy atom. The number of rotatable bonds is 6. The molecule has 0 bridgehead atoms. The number of hydrogen-bond donors (Lipinski definition) is 1. The van der Waals surface area contributed by atoms with Crippen molar-refractivity contribution in [3.05, 3.63) is 47.1 Å². The van der Waals surface area contributed by atoms with E-state index < -0.39 is 12.0 Å². The lowest BCUT2D eigenvalue weighted by atomic mass is 10.1. The number of nitrogens with zero attached hydrogens (tertiary/aromatic N) is 3. The molecule has 136 valence electrons. The number of aromatic nitrogens is 2. The van der Waals surface area contributed by atoms with Crippen LogP contribution in [0.2, 0.25) is 0 Å². The van der Waals surface area contributed by atoms with Crippen molar-refractivity contribution in [1.29, 1.82) is 0 Å². The number of carbonyl (C=O) groups excluding carboxylic acids is 3. The van der Waals surface area contributed by atoms with Gasteiger partial charge in [-0.1, -0.05) is 31.1 Å². The number of nitrogens with one attached hydrogen (secondary N) is 1. The first-order valence-corrected chi connectivity index (χ1v) is 8.11. The van der Waals surface area contributed by atoms with Crippen LogP contribution in [0.5, 0.6) is 0 Å². The minimum atomic E-state index is -0.532. The molecule has 9 heteroatoms. The van der Waals surface area contributed by atoms with E-state index in [0.29, 0.717) is 11.4 Å². The minimum Gasteiger partial charge on any atom is -0.452 e. The lowest BCUT2D eigenvalue weighted by Crippen LogP contribution is -2.30. The molecule has 0 aliphatic carbocycles. The number of urea groups is 1. The fourth-order valence-electron chi connectivity index (χ4n) is 2.32. The molecule has 1 aliphatic rings. The van der Waals surface area contributed by atoms with Gasteiger partial charge < -0.3 is 14.6 Å². The van der Waals surface area contributed by atoms with Crippen LogP contribution in [0, 0.1) is 0 Å². The van der Waals surface area contributed by atoms with Gasteiger partial charge in [-0.2, -0.15) is 4.98 Å². The van der Waals surface area contributed by atoms with E-state index in [9.17, 15) is 14.4 Å². The van der Waals surface area contributed by atoms with Gasteiger partial charge in [0.2, 0.25) is 5.91 Å². The van der Waals surface area contributed by atoms with Crippen LogP contribution in [0.25, 0.3) is 0 Å². The number of imide groups is 1. The van der Waals surface area contributed by atoms with Gasteiger partial charge in [0.15, 0.2) is 12.4 Å². The normalized spacial score (nSPS) is 14.0. The summed E-state index contributed by atoms with van der Waals surface area (Å²) in [4.78, 5) is 40.4. The quantitative estimate of drug-likeness (QED) is 0.616. The van der Waals surface area contributed by atoms with Gasteiger partial charge in [-0.15, -0.1) is 0 Å². The number of ether oxygens (including phenoxy) is 1. The maximum Gasteiger partial charge on any atom is 0.338 e. The molecule has 0 unspecified atom stereocenters. The fraction of sp³-hybridized carbons (Fsp3) is 0.353. The molecule has 3 amide bonds. The summed E-state index contributed by atoms with van der Waals surface area (Å²) in [5.41, 5.74) is 1.07. The molecule has 1 aromatic heterocycles. The molecule has 0 radical (unpaired) electrons. The summed E-state index contributed by atoms with van der Waals surface area (Å²) in [6.07, 6.45) is 0. The van der Waals surface area contributed by atoms with Crippen molar-refractivity contribution in [3.8, 4) is 0 Å². The minimum absolute atomic E-state index is 0.0113. The number of benzene rings is 1. The predicted octanol–water partition coefficient (Wildman–Crippen LogP) is 1.60. The zero-order chi connectivity index (χ0) is 18.7. The van der Waals surface area contributed by atoms with Gasteiger partial charge in [-0.3, -0.25) is 9.69 Å². The Balaban J connectivity index is 1.56. The second-order valence-corrected chi connectivity index (χ2v) is 6.11. The first kappa shape index (κ1) is 17.6. The number of amides is 3. The highest BCUT2D eigenvalue weighted by atomic mass is 16.6. The topological polar surface area (TPSA) is 115 Å². The summed E-state index contributed by atoms with van der Waals surface area (Å²) in [5.74, 6) is 0.105. The van der Waals surface area contributed by atoms with Crippen LogP contribution < -0.4 is 5.32 Å². The Bertz CT molecular complexity index is 812. The SMILES string of the molecule is CC(C)c1noc(COC(=O)c2ccc(CN3C(=O)CNC3=O)cc2)n1. The van der Waals surface area contributed by atoms with Crippen molar-refractivity contribution in [3.63, 3.8) is 0 Å². The molecule has 0 spiro atoms. The van der Waals surface area contributed by atoms with Crippen LogP contribution in [-0.4, -0.2) is 39.5 Å². The van der Waals surface area contributed by atoms with Crippen molar-refractivity contribution in [2.45, 2.75) is 32.9 Å². The third-order valence-electron chi connectivity index (χ3n) is 3.79. The molecule has 2 aromatic rings. The molecule has 3 rings (SSSR count). The molecule has 1 saturated heterocycles. The maximum absolute atomic E-state index is 12.1. The Morgan fingerprint density at radius 1 is 1.31 bits per heavy atom. The zero-order valence-electron chi connectivity index (χ0n) is 14.4. The van der Waals surface area contributed by atoms with Gasteiger partial charge in [-0.25, -0.2) is 9.59 Å². The number of carbonyl (C=O) groups is 3. The third kappa shape index (κ3) is 3.88. The van der Waals surface area contributed by atoms with Crippen LogP contribution in [0.3, 0.4) is 0 Å². The molecular formula is C17H18N4O5. The highest BCUT2D eigenvalue weighted by Gasteiger charge is 2.28. The van der Waals surface area contributed by atoms with Crippen molar-refractivity contribution in [1.82, 2.24) is 20.4 Å². The maximum atomic E-state index is 12.1. The summed E-state index contributed by atoms with van der Waals surface area (Å²) < 4.78 is 10.2. The van der Waals surface area contributed by atoms with E-state index in [1.165, 1.54) is 0 Å². The van der Waals surface area contributed by atoms with Gasteiger partial charge in [-0.05, 0) is 17.7 Å². The largest absolute Gasteiger partial charge is 0.452 e. The predicted molar refractivity (Wildman–Crippen MR) is 87.9 cm³/mol. The van der Waals surface area contributed by atoms with Crippen LogP contribution in [0.15, 0.2) is 28.8 Å². The van der Waals surface area contributed by atoms with E-state index in [2.05, 4.69) is 15.5 Å². The molecule has 0 atom stereocenters. The van der Waals surface area contributed by atoms with Gasteiger partial charge >= 0.3 is 12.0 Å². The summed E-state index contributed by atoms with van der Waals surface area (Å²) in [5, 5.41) is 6.25. The zero-order valence-corrected chi connectivity index (χ0v) is 14.4. The molecule has 1 fully saturated rings. The van der Waals surface area contributed by atoms with Crippen molar-refractivity contribution in [2.75, 3.05) is 6.54 Å². The van der Waals surface area contributed by atoms with Gasteiger partial charge in [0, 0.05) is 5.92 Å². The third-order valence-corrected chi connectivity index (χ3v) is 3.79. The molecule has 26 heavy (non-hydrogen) atoms. The highest BCUT2D eigenvalue weighted by Crippen LogP contribution is 2.13. The standard InChI is InChI=1S/C17H18N4O5/c1-10(2)15-19-13(26-20-15)9-25-16(23)12-5-3-11(4-6-12)8-21-14(22)7-18-17(21)24/h3-6,10H,7-9H2,1-2H3,(H,18,24). The monoisotopic (exact) mass is 358 g/mol.